The predicted octanol–water partition coefficient (Wildman–Crippen LogP) is 3.75. The summed E-state index contributed by atoms with van der Waals surface area (Å²) in [5, 5.41) is 0.681. The van der Waals surface area contributed by atoms with Crippen molar-refractivity contribution in [1.82, 2.24) is 14.9 Å². The van der Waals surface area contributed by atoms with Crippen molar-refractivity contribution in [3.63, 3.8) is 0 Å². The van der Waals surface area contributed by atoms with Crippen LogP contribution in [-0.2, 0) is 14.6 Å². The molecule has 0 saturated carbocycles. The number of H-pyrrole nitrogens is 1. The highest BCUT2D eigenvalue weighted by molar-refractivity contribution is 9.10. The summed E-state index contributed by atoms with van der Waals surface area (Å²) in [5.74, 6) is 0.479. The second kappa shape index (κ2) is 9.45. The van der Waals surface area contributed by atoms with E-state index in [0.29, 0.717) is 18.1 Å². The average Bonchev–Trinajstić information content (AvgIpc) is 3.27. The number of aromatic nitrogens is 2. The van der Waals surface area contributed by atoms with Gasteiger partial charge in [-0.2, -0.15) is 0 Å². The molecule has 2 aromatic rings. The van der Waals surface area contributed by atoms with Gasteiger partial charge in [-0.25, -0.2) is 13.4 Å². The van der Waals surface area contributed by atoms with Gasteiger partial charge in [0, 0.05) is 17.1 Å². The molecule has 1 aliphatic heterocycles. The molecule has 0 spiro atoms. The van der Waals surface area contributed by atoms with Gasteiger partial charge in [0.15, 0.2) is 15.0 Å². The SMILES string of the molecule is CCCCN(C(=O)CSc1ncc(-c2ccc(Br)cc2)[nH]1)C1CCS(=O)(=O)C1. The van der Waals surface area contributed by atoms with Crippen LogP contribution in [0.15, 0.2) is 40.1 Å². The fourth-order valence-corrected chi connectivity index (χ4v) is 5.96. The summed E-state index contributed by atoms with van der Waals surface area (Å²) >= 11 is 4.77. The van der Waals surface area contributed by atoms with Crippen molar-refractivity contribution in [3.05, 3.63) is 34.9 Å². The normalized spacial score (nSPS) is 18.3. The van der Waals surface area contributed by atoms with Crippen LogP contribution in [0.4, 0.5) is 0 Å². The molecule has 1 fully saturated rings. The summed E-state index contributed by atoms with van der Waals surface area (Å²) in [5.41, 5.74) is 1.92. The Balaban J connectivity index is 1.62. The quantitative estimate of drug-likeness (QED) is 0.575. The molecule has 0 aliphatic carbocycles. The molecule has 6 nitrogen and oxygen atoms in total. The topological polar surface area (TPSA) is 83.1 Å². The summed E-state index contributed by atoms with van der Waals surface area (Å²) in [6.07, 6.45) is 4.14. The van der Waals surface area contributed by atoms with E-state index < -0.39 is 9.84 Å². The van der Waals surface area contributed by atoms with Gasteiger partial charge < -0.3 is 9.88 Å². The molecule has 1 atom stereocenters. The highest BCUT2D eigenvalue weighted by Crippen LogP contribution is 2.24. The minimum absolute atomic E-state index is 0.0258. The van der Waals surface area contributed by atoms with E-state index in [9.17, 15) is 13.2 Å². The summed E-state index contributed by atoms with van der Waals surface area (Å²) in [6, 6.07) is 7.72. The molecule has 1 aromatic heterocycles. The first kappa shape index (κ1) is 21.4. The first-order chi connectivity index (χ1) is 13.4. The maximum Gasteiger partial charge on any atom is 0.233 e. The third-order valence-electron chi connectivity index (χ3n) is 4.76. The molecule has 28 heavy (non-hydrogen) atoms. The van der Waals surface area contributed by atoms with Crippen LogP contribution in [0.3, 0.4) is 0 Å². The smallest absolute Gasteiger partial charge is 0.233 e. The standard InChI is InChI=1S/C19H24BrN3O3S2/c1-2-3-9-23(16-8-10-28(25,26)13-16)18(24)12-27-19-21-11-17(22-19)14-4-6-15(20)7-5-14/h4-7,11,16H,2-3,8-10,12-13H2,1H3,(H,21,22). The summed E-state index contributed by atoms with van der Waals surface area (Å²) < 4.78 is 24.6. The highest BCUT2D eigenvalue weighted by atomic mass is 79.9. The van der Waals surface area contributed by atoms with Crippen molar-refractivity contribution in [3.8, 4) is 11.3 Å². The van der Waals surface area contributed by atoms with Crippen molar-refractivity contribution in [2.75, 3.05) is 23.8 Å². The molecular weight excluding hydrogens is 462 g/mol. The van der Waals surface area contributed by atoms with Gasteiger partial charge in [-0.15, -0.1) is 0 Å². The van der Waals surface area contributed by atoms with Crippen LogP contribution >= 0.6 is 27.7 Å². The molecule has 9 heteroatoms. The monoisotopic (exact) mass is 485 g/mol. The molecule has 1 aromatic carbocycles. The number of imidazole rings is 1. The van der Waals surface area contributed by atoms with Gasteiger partial charge in [-0.05, 0) is 30.5 Å². The Hall–Kier alpha value is -1.32. The zero-order valence-electron chi connectivity index (χ0n) is 15.7. The van der Waals surface area contributed by atoms with Crippen LogP contribution in [0, 0.1) is 0 Å². The van der Waals surface area contributed by atoms with E-state index >= 15 is 0 Å². The molecule has 2 heterocycles. The van der Waals surface area contributed by atoms with E-state index in [2.05, 4.69) is 32.8 Å². The average molecular weight is 486 g/mol. The number of amides is 1. The molecule has 3 rings (SSSR count). The summed E-state index contributed by atoms with van der Waals surface area (Å²) in [7, 11) is -3.02. The van der Waals surface area contributed by atoms with Gasteiger partial charge in [0.05, 0.1) is 29.1 Å². The van der Waals surface area contributed by atoms with E-state index in [0.717, 1.165) is 28.6 Å². The third-order valence-corrected chi connectivity index (χ3v) is 7.91. The molecule has 1 N–H and O–H groups in total. The minimum Gasteiger partial charge on any atom is -0.338 e. The number of halogens is 1. The van der Waals surface area contributed by atoms with Crippen molar-refractivity contribution >= 4 is 43.4 Å². The second-order valence-corrected chi connectivity index (χ2v) is 11.0. The van der Waals surface area contributed by atoms with Gasteiger partial charge in [0.1, 0.15) is 0 Å². The van der Waals surface area contributed by atoms with Gasteiger partial charge in [-0.1, -0.05) is 53.2 Å². The van der Waals surface area contributed by atoms with E-state index in [1.165, 1.54) is 11.8 Å². The number of hydrogen-bond acceptors (Lipinski definition) is 5. The predicted molar refractivity (Wildman–Crippen MR) is 116 cm³/mol. The first-order valence-corrected chi connectivity index (χ1v) is 12.9. The Morgan fingerprint density at radius 1 is 1.36 bits per heavy atom. The van der Waals surface area contributed by atoms with Crippen LogP contribution in [0.5, 0.6) is 0 Å². The minimum atomic E-state index is -3.02. The van der Waals surface area contributed by atoms with Crippen molar-refractivity contribution < 1.29 is 13.2 Å². The lowest BCUT2D eigenvalue weighted by Gasteiger charge is -2.28. The van der Waals surface area contributed by atoms with Crippen LogP contribution in [0.2, 0.25) is 0 Å². The highest BCUT2D eigenvalue weighted by Gasteiger charge is 2.34. The Labute approximate surface area is 178 Å². The van der Waals surface area contributed by atoms with Gasteiger partial charge in [0.2, 0.25) is 5.91 Å². The van der Waals surface area contributed by atoms with E-state index in [4.69, 9.17) is 0 Å². The molecule has 0 bridgehead atoms. The van der Waals surface area contributed by atoms with Crippen molar-refractivity contribution in [2.45, 2.75) is 37.4 Å². The fraction of sp³-hybridized carbons (Fsp3) is 0.474. The van der Waals surface area contributed by atoms with Crippen LogP contribution < -0.4 is 0 Å². The Morgan fingerprint density at radius 2 is 2.11 bits per heavy atom. The molecule has 1 unspecified atom stereocenters. The van der Waals surface area contributed by atoms with Crippen molar-refractivity contribution in [2.24, 2.45) is 0 Å². The Bertz CT molecular complexity index is 913. The Morgan fingerprint density at radius 3 is 2.75 bits per heavy atom. The number of hydrogen-bond donors (Lipinski definition) is 1. The molecule has 1 aliphatic rings. The summed E-state index contributed by atoms with van der Waals surface area (Å²) in [4.78, 5) is 22.2. The Kier molecular flexibility index (Phi) is 7.22. The first-order valence-electron chi connectivity index (χ1n) is 9.31. The molecule has 1 amide bonds. The lowest BCUT2D eigenvalue weighted by Crippen LogP contribution is -2.42. The lowest BCUT2D eigenvalue weighted by atomic mass is 10.2. The zero-order chi connectivity index (χ0) is 20.1. The van der Waals surface area contributed by atoms with Gasteiger partial charge >= 0.3 is 0 Å². The fourth-order valence-electron chi connectivity index (χ4n) is 3.23. The summed E-state index contributed by atoms with van der Waals surface area (Å²) in [6.45, 7) is 2.67. The third kappa shape index (κ3) is 5.61. The van der Waals surface area contributed by atoms with Gasteiger partial charge in [-0.3, -0.25) is 4.79 Å². The number of aromatic amines is 1. The number of carbonyl (C=O) groups is 1. The number of thioether (sulfide) groups is 1. The van der Waals surface area contributed by atoms with Crippen molar-refractivity contribution in [1.29, 1.82) is 0 Å². The second-order valence-electron chi connectivity index (χ2n) is 6.90. The number of sulfone groups is 1. The molecular formula is C19H24BrN3O3S2. The van der Waals surface area contributed by atoms with E-state index in [1.807, 2.05) is 24.3 Å². The molecule has 152 valence electrons. The zero-order valence-corrected chi connectivity index (χ0v) is 18.9. The number of carbonyl (C=O) groups excluding carboxylic acids is 1. The molecule has 1 saturated heterocycles. The van der Waals surface area contributed by atoms with Crippen LogP contribution in [0.25, 0.3) is 11.3 Å². The molecule has 0 radical (unpaired) electrons. The number of benzene rings is 1. The van der Waals surface area contributed by atoms with Gasteiger partial charge in [0.25, 0.3) is 0 Å². The maximum atomic E-state index is 12.8. The number of rotatable bonds is 8. The van der Waals surface area contributed by atoms with Crippen LogP contribution in [0.1, 0.15) is 26.2 Å². The lowest BCUT2D eigenvalue weighted by molar-refractivity contribution is -0.130. The largest absolute Gasteiger partial charge is 0.338 e. The number of nitrogens with zero attached hydrogens (tertiary/aromatic N) is 2. The van der Waals surface area contributed by atoms with E-state index in [-0.39, 0.29) is 29.2 Å². The van der Waals surface area contributed by atoms with Crippen LogP contribution in [-0.4, -0.2) is 59.0 Å². The number of nitrogens with one attached hydrogen (secondary N) is 1. The van der Waals surface area contributed by atoms with E-state index in [1.54, 1.807) is 11.1 Å². The maximum absolute atomic E-state index is 12.8. The number of unbranched alkanes of at least 4 members (excludes halogenated alkanes) is 1.